The van der Waals surface area contributed by atoms with E-state index in [1.54, 1.807) is 15.8 Å². The normalized spacial score (nSPS) is 14.8. The van der Waals surface area contributed by atoms with Crippen LogP contribution in [-0.2, 0) is 23.0 Å². The van der Waals surface area contributed by atoms with Crippen LogP contribution in [0.15, 0.2) is 30.6 Å². The lowest BCUT2D eigenvalue weighted by Crippen LogP contribution is -2.41. The van der Waals surface area contributed by atoms with Crippen LogP contribution in [0.25, 0.3) is 22.2 Å². The maximum absolute atomic E-state index is 12.4. The Balaban J connectivity index is 1.59. The minimum atomic E-state index is 0.0349. The SMILES string of the molecule is Cn1cc(-c2ccc3cnc(CC(=O)N4CCOCC4)nc3c2)nn1. The van der Waals surface area contributed by atoms with Gasteiger partial charge >= 0.3 is 0 Å². The summed E-state index contributed by atoms with van der Waals surface area (Å²) in [5.41, 5.74) is 2.52. The molecule has 1 aliphatic heterocycles. The van der Waals surface area contributed by atoms with Gasteiger partial charge in [-0.05, 0) is 6.07 Å². The molecule has 0 aliphatic carbocycles. The van der Waals surface area contributed by atoms with Crippen LogP contribution in [0.1, 0.15) is 5.82 Å². The molecular formula is C17H18N6O2. The Kier molecular flexibility index (Phi) is 4.10. The molecule has 128 valence electrons. The molecule has 4 rings (SSSR count). The number of carbonyl (C=O) groups excluding carboxylic acids is 1. The van der Waals surface area contributed by atoms with E-state index in [-0.39, 0.29) is 12.3 Å². The number of hydrogen-bond acceptors (Lipinski definition) is 6. The van der Waals surface area contributed by atoms with E-state index in [1.807, 2.05) is 31.4 Å². The fourth-order valence-electron chi connectivity index (χ4n) is 2.85. The Morgan fingerprint density at radius 1 is 1.28 bits per heavy atom. The monoisotopic (exact) mass is 338 g/mol. The number of morpholine rings is 1. The number of benzene rings is 1. The third kappa shape index (κ3) is 3.34. The third-order valence-corrected chi connectivity index (χ3v) is 4.20. The van der Waals surface area contributed by atoms with Crippen molar-refractivity contribution in [3.05, 3.63) is 36.4 Å². The molecule has 0 spiro atoms. The molecule has 0 unspecified atom stereocenters. The highest BCUT2D eigenvalue weighted by Gasteiger charge is 2.18. The minimum absolute atomic E-state index is 0.0349. The number of rotatable bonds is 3. The molecule has 1 aliphatic rings. The van der Waals surface area contributed by atoms with Gasteiger partial charge in [-0.2, -0.15) is 0 Å². The van der Waals surface area contributed by atoms with E-state index in [0.29, 0.717) is 32.1 Å². The summed E-state index contributed by atoms with van der Waals surface area (Å²) < 4.78 is 6.94. The number of carbonyl (C=O) groups is 1. The molecule has 8 heteroatoms. The average molecular weight is 338 g/mol. The predicted molar refractivity (Wildman–Crippen MR) is 90.6 cm³/mol. The van der Waals surface area contributed by atoms with Crippen LogP contribution in [-0.4, -0.2) is 62.1 Å². The summed E-state index contributed by atoms with van der Waals surface area (Å²) >= 11 is 0. The molecule has 3 aromatic rings. The quantitative estimate of drug-likeness (QED) is 0.703. The maximum atomic E-state index is 12.4. The Morgan fingerprint density at radius 3 is 2.88 bits per heavy atom. The van der Waals surface area contributed by atoms with Crippen molar-refractivity contribution in [2.24, 2.45) is 7.05 Å². The molecule has 0 radical (unpaired) electrons. The first kappa shape index (κ1) is 15.6. The first-order chi connectivity index (χ1) is 12.2. The van der Waals surface area contributed by atoms with Gasteiger partial charge in [0.15, 0.2) is 0 Å². The Bertz CT molecular complexity index is 916. The van der Waals surface area contributed by atoms with E-state index in [1.165, 1.54) is 0 Å². The Morgan fingerprint density at radius 2 is 2.12 bits per heavy atom. The lowest BCUT2D eigenvalue weighted by atomic mass is 10.1. The van der Waals surface area contributed by atoms with Crippen LogP contribution in [0.2, 0.25) is 0 Å². The zero-order valence-electron chi connectivity index (χ0n) is 13.9. The van der Waals surface area contributed by atoms with Gasteiger partial charge in [0.2, 0.25) is 5.91 Å². The number of amides is 1. The van der Waals surface area contributed by atoms with Gasteiger partial charge in [-0.1, -0.05) is 17.3 Å². The van der Waals surface area contributed by atoms with E-state index in [2.05, 4.69) is 20.3 Å². The summed E-state index contributed by atoms with van der Waals surface area (Å²) in [6, 6.07) is 5.87. The summed E-state index contributed by atoms with van der Waals surface area (Å²) in [7, 11) is 1.83. The van der Waals surface area contributed by atoms with Crippen molar-refractivity contribution in [3.8, 4) is 11.3 Å². The maximum Gasteiger partial charge on any atom is 0.230 e. The van der Waals surface area contributed by atoms with Crippen molar-refractivity contribution in [3.63, 3.8) is 0 Å². The van der Waals surface area contributed by atoms with Gasteiger partial charge in [-0.25, -0.2) is 9.97 Å². The molecule has 8 nitrogen and oxygen atoms in total. The zero-order valence-corrected chi connectivity index (χ0v) is 13.9. The van der Waals surface area contributed by atoms with Gasteiger partial charge < -0.3 is 9.64 Å². The zero-order chi connectivity index (χ0) is 17.2. The summed E-state index contributed by atoms with van der Waals surface area (Å²) in [4.78, 5) is 23.0. The van der Waals surface area contributed by atoms with E-state index in [0.717, 1.165) is 22.2 Å². The van der Waals surface area contributed by atoms with Crippen LogP contribution >= 0.6 is 0 Å². The molecule has 1 saturated heterocycles. The number of ether oxygens (including phenoxy) is 1. The third-order valence-electron chi connectivity index (χ3n) is 4.20. The Labute approximate surface area is 144 Å². The highest BCUT2D eigenvalue weighted by atomic mass is 16.5. The molecule has 2 aromatic heterocycles. The van der Waals surface area contributed by atoms with Crippen LogP contribution < -0.4 is 0 Å². The molecule has 0 N–H and O–H groups in total. The van der Waals surface area contributed by atoms with Gasteiger partial charge in [-0.3, -0.25) is 9.48 Å². The summed E-state index contributed by atoms with van der Waals surface area (Å²) in [6.07, 6.45) is 3.81. The van der Waals surface area contributed by atoms with Gasteiger partial charge in [0.1, 0.15) is 11.5 Å². The van der Waals surface area contributed by atoms with Crippen LogP contribution in [0.4, 0.5) is 0 Å². The highest BCUT2D eigenvalue weighted by Crippen LogP contribution is 2.21. The van der Waals surface area contributed by atoms with Gasteiger partial charge in [-0.15, -0.1) is 5.10 Å². The van der Waals surface area contributed by atoms with E-state index >= 15 is 0 Å². The van der Waals surface area contributed by atoms with Crippen LogP contribution in [0.5, 0.6) is 0 Å². The number of aromatic nitrogens is 5. The highest BCUT2D eigenvalue weighted by molar-refractivity contribution is 5.83. The average Bonchev–Trinajstić information content (AvgIpc) is 3.08. The van der Waals surface area contributed by atoms with E-state index in [4.69, 9.17) is 4.74 Å². The molecular weight excluding hydrogens is 320 g/mol. The number of hydrogen-bond donors (Lipinski definition) is 0. The van der Waals surface area contributed by atoms with E-state index < -0.39 is 0 Å². The predicted octanol–water partition coefficient (Wildman–Crippen LogP) is 0.827. The van der Waals surface area contributed by atoms with Crippen molar-refractivity contribution < 1.29 is 9.53 Å². The minimum Gasteiger partial charge on any atom is -0.378 e. The fraction of sp³-hybridized carbons (Fsp3) is 0.353. The second-order valence-corrected chi connectivity index (χ2v) is 6.01. The molecule has 1 aromatic carbocycles. The van der Waals surface area contributed by atoms with Crippen LogP contribution in [0, 0.1) is 0 Å². The first-order valence-electron chi connectivity index (χ1n) is 8.17. The summed E-state index contributed by atoms with van der Waals surface area (Å²) in [5, 5.41) is 9.00. The second-order valence-electron chi connectivity index (χ2n) is 6.01. The summed E-state index contributed by atoms with van der Waals surface area (Å²) in [6.45, 7) is 2.43. The van der Waals surface area contributed by atoms with Gasteiger partial charge in [0, 0.05) is 37.3 Å². The second kappa shape index (κ2) is 6.56. The summed E-state index contributed by atoms with van der Waals surface area (Å²) in [5.74, 6) is 0.563. The van der Waals surface area contributed by atoms with Gasteiger partial charge in [0.25, 0.3) is 0 Å². The van der Waals surface area contributed by atoms with Crippen molar-refractivity contribution in [2.45, 2.75) is 6.42 Å². The van der Waals surface area contributed by atoms with Crippen molar-refractivity contribution in [2.75, 3.05) is 26.3 Å². The van der Waals surface area contributed by atoms with Gasteiger partial charge in [0.05, 0.1) is 31.3 Å². The van der Waals surface area contributed by atoms with Crippen molar-refractivity contribution >= 4 is 16.8 Å². The Hall–Kier alpha value is -2.87. The molecule has 0 atom stereocenters. The fourth-order valence-corrected chi connectivity index (χ4v) is 2.85. The topological polar surface area (TPSA) is 86.0 Å². The lowest BCUT2D eigenvalue weighted by Gasteiger charge is -2.26. The molecule has 25 heavy (non-hydrogen) atoms. The standard InChI is InChI=1S/C17H18N6O2/c1-22-11-15(20-21-22)12-2-3-13-10-18-16(19-14(13)8-12)9-17(24)23-4-6-25-7-5-23/h2-3,8,10-11H,4-7,9H2,1H3. The molecule has 3 heterocycles. The molecule has 1 fully saturated rings. The number of nitrogens with zero attached hydrogens (tertiary/aromatic N) is 6. The molecule has 0 saturated carbocycles. The lowest BCUT2D eigenvalue weighted by molar-refractivity contribution is -0.134. The largest absolute Gasteiger partial charge is 0.378 e. The number of fused-ring (bicyclic) bond motifs is 1. The van der Waals surface area contributed by atoms with Crippen LogP contribution in [0.3, 0.4) is 0 Å². The van der Waals surface area contributed by atoms with Crippen molar-refractivity contribution in [1.29, 1.82) is 0 Å². The van der Waals surface area contributed by atoms with E-state index in [9.17, 15) is 4.79 Å². The molecule has 0 bridgehead atoms. The first-order valence-corrected chi connectivity index (χ1v) is 8.17. The number of aryl methyl sites for hydroxylation is 1. The van der Waals surface area contributed by atoms with Crippen molar-refractivity contribution in [1.82, 2.24) is 29.9 Å². The smallest absolute Gasteiger partial charge is 0.230 e. The molecule has 1 amide bonds.